The molecular formula is C20H32N6O2. The van der Waals surface area contributed by atoms with E-state index < -0.39 is 0 Å². The van der Waals surface area contributed by atoms with E-state index in [0.29, 0.717) is 5.75 Å². The Balaban J connectivity index is 2.05. The minimum Gasteiger partial charge on any atom is -0.493 e. The SMILES string of the molecule is CCN1CCN([C@@H](c2ccc(OC)c(OC)c2)c2nnnn2C(C)(C)C)CC1. The van der Waals surface area contributed by atoms with E-state index >= 15 is 0 Å². The Morgan fingerprint density at radius 2 is 1.71 bits per heavy atom. The Bertz CT molecular complexity index is 777. The highest BCUT2D eigenvalue weighted by Gasteiger charge is 2.33. The molecule has 28 heavy (non-hydrogen) atoms. The van der Waals surface area contributed by atoms with Crippen LogP contribution in [0.25, 0.3) is 0 Å². The Morgan fingerprint density at radius 1 is 1.04 bits per heavy atom. The summed E-state index contributed by atoms with van der Waals surface area (Å²) < 4.78 is 12.9. The van der Waals surface area contributed by atoms with Gasteiger partial charge in [-0.15, -0.1) is 5.10 Å². The number of rotatable bonds is 6. The molecule has 2 heterocycles. The van der Waals surface area contributed by atoms with Gasteiger partial charge in [-0.25, -0.2) is 4.68 Å². The fraction of sp³-hybridized carbons (Fsp3) is 0.650. The van der Waals surface area contributed by atoms with E-state index in [1.54, 1.807) is 14.2 Å². The van der Waals surface area contributed by atoms with Crippen LogP contribution in [0.4, 0.5) is 0 Å². The van der Waals surface area contributed by atoms with Gasteiger partial charge in [0.2, 0.25) is 0 Å². The first-order chi connectivity index (χ1) is 13.4. The normalized spacial score (nSPS) is 17.5. The Morgan fingerprint density at radius 3 is 2.29 bits per heavy atom. The molecule has 1 aliphatic heterocycles. The molecular weight excluding hydrogens is 356 g/mol. The molecule has 2 aromatic rings. The number of tetrazole rings is 1. The standard InChI is InChI=1S/C20H32N6O2/c1-7-24-10-12-25(13-11-24)18(19-21-22-23-26(19)20(2,3)4)15-8-9-16(27-5)17(14-15)28-6/h8-9,14,18H,7,10-13H2,1-6H3/t18-/m0/s1. The fourth-order valence-electron chi connectivity index (χ4n) is 3.73. The van der Waals surface area contributed by atoms with Crippen molar-refractivity contribution in [1.29, 1.82) is 0 Å². The van der Waals surface area contributed by atoms with Crippen molar-refractivity contribution in [3.8, 4) is 11.5 Å². The summed E-state index contributed by atoms with van der Waals surface area (Å²) in [5.74, 6) is 2.29. The summed E-state index contributed by atoms with van der Waals surface area (Å²) in [7, 11) is 3.31. The first kappa shape index (κ1) is 20.5. The number of likely N-dealkylation sites (N-methyl/N-ethyl adjacent to an activating group) is 1. The third-order valence-electron chi connectivity index (χ3n) is 5.32. The zero-order valence-corrected chi connectivity index (χ0v) is 17.8. The van der Waals surface area contributed by atoms with E-state index in [1.165, 1.54) is 0 Å². The minimum atomic E-state index is -0.209. The number of hydrogen-bond acceptors (Lipinski definition) is 7. The summed E-state index contributed by atoms with van der Waals surface area (Å²) in [5.41, 5.74) is 0.890. The molecule has 1 aromatic carbocycles. The van der Waals surface area contributed by atoms with Crippen LogP contribution in [0.5, 0.6) is 11.5 Å². The van der Waals surface area contributed by atoms with Crippen molar-refractivity contribution in [2.24, 2.45) is 0 Å². The quantitative estimate of drug-likeness (QED) is 0.751. The van der Waals surface area contributed by atoms with Crippen LogP contribution >= 0.6 is 0 Å². The molecule has 0 aliphatic carbocycles. The lowest BCUT2D eigenvalue weighted by Gasteiger charge is -2.39. The third-order valence-corrected chi connectivity index (χ3v) is 5.32. The Hall–Kier alpha value is -2.19. The van der Waals surface area contributed by atoms with Gasteiger partial charge in [-0.1, -0.05) is 13.0 Å². The molecule has 1 atom stereocenters. The van der Waals surface area contributed by atoms with Crippen molar-refractivity contribution in [2.75, 3.05) is 46.9 Å². The molecule has 0 spiro atoms. The van der Waals surface area contributed by atoms with Gasteiger partial charge in [0, 0.05) is 26.2 Å². The molecule has 0 saturated carbocycles. The summed E-state index contributed by atoms with van der Waals surface area (Å²) in [6.45, 7) is 13.6. The molecule has 1 aliphatic rings. The lowest BCUT2D eigenvalue weighted by atomic mass is 10.0. The van der Waals surface area contributed by atoms with Gasteiger partial charge in [0.15, 0.2) is 17.3 Å². The number of nitrogens with zero attached hydrogens (tertiary/aromatic N) is 6. The van der Waals surface area contributed by atoms with Crippen LogP contribution in [0, 0.1) is 0 Å². The topological polar surface area (TPSA) is 68.5 Å². The van der Waals surface area contributed by atoms with Crippen LogP contribution in [0.1, 0.15) is 45.1 Å². The van der Waals surface area contributed by atoms with E-state index in [1.807, 2.05) is 16.8 Å². The summed E-state index contributed by atoms with van der Waals surface area (Å²) in [6.07, 6.45) is 0. The van der Waals surface area contributed by atoms with Crippen molar-refractivity contribution in [3.63, 3.8) is 0 Å². The number of methoxy groups -OCH3 is 2. The maximum absolute atomic E-state index is 5.55. The van der Waals surface area contributed by atoms with Crippen LogP contribution < -0.4 is 9.47 Å². The van der Waals surface area contributed by atoms with E-state index in [2.05, 4.69) is 59.1 Å². The largest absolute Gasteiger partial charge is 0.493 e. The van der Waals surface area contributed by atoms with Crippen LogP contribution in [0.2, 0.25) is 0 Å². The summed E-state index contributed by atoms with van der Waals surface area (Å²) in [5, 5.41) is 12.8. The number of ether oxygens (including phenoxy) is 2. The smallest absolute Gasteiger partial charge is 0.173 e. The first-order valence-corrected chi connectivity index (χ1v) is 9.86. The van der Waals surface area contributed by atoms with Crippen LogP contribution in [-0.2, 0) is 5.54 Å². The highest BCUT2D eigenvalue weighted by Crippen LogP contribution is 2.35. The summed E-state index contributed by atoms with van der Waals surface area (Å²) >= 11 is 0. The average molecular weight is 389 g/mol. The lowest BCUT2D eigenvalue weighted by molar-refractivity contribution is 0.106. The Labute approximate surface area is 167 Å². The third kappa shape index (κ3) is 4.12. The molecule has 1 fully saturated rings. The summed E-state index contributed by atoms with van der Waals surface area (Å²) in [6, 6.07) is 6.03. The van der Waals surface area contributed by atoms with Gasteiger partial charge in [0.25, 0.3) is 0 Å². The monoisotopic (exact) mass is 388 g/mol. The van der Waals surface area contributed by atoms with Crippen molar-refractivity contribution in [2.45, 2.75) is 39.3 Å². The van der Waals surface area contributed by atoms with Gasteiger partial charge in [0.1, 0.15) is 0 Å². The molecule has 0 unspecified atom stereocenters. The van der Waals surface area contributed by atoms with Gasteiger partial charge < -0.3 is 14.4 Å². The number of hydrogen-bond donors (Lipinski definition) is 0. The van der Waals surface area contributed by atoms with Gasteiger partial charge in [0.05, 0.1) is 25.8 Å². The predicted molar refractivity (Wildman–Crippen MR) is 108 cm³/mol. The zero-order valence-electron chi connectivity index (χ0n) is 17.8. The van der Waals surface area contributed by atoms with Crippen LogP contribution in [0.3, 0.4) is 0 Å². The average Bonchev–Trinajstić information content (AvgIpc) is 3.18. The van der Waals surface area contributed by atoms with E-state index in [-0.39, 0.29) is 11.6 Å². The molecule has 3 rings (SSSR count). The van der Waals surface area contributed by atoms with E-state index in [0.717, 1.165) is 49.9 Å². The molecule has 1 saturated heterocycles. The second-order valence-corrected chi connectivity index (χ2v) is 8.11. The highest BCUT2D eigenvalue weighted by molar-refractivity contribution is 5.45. The second-order valence-electron chi connectivity index (χ2n) is 8.11. The van der Waals surface area contributed by atoms with E-state index in [4.69, 9.17) is 9.47 Å². The molecule has 0 N–H and O–H groups in total. The Kier molecular flexibility index (Phi) is 6.20. The molecule has 154 valence electrons. The minimum absolute atomic E-state index is 0.0481. The van der Waals surface area contributed by atoms with Crippen molar-refractivity contribution in [3.05, 3.63) is 29.6 Å². The molecule has 1 aromatic heterocycles. The maximum atomic E-state index is 5.55. The first-order valence-electron chi connectivity index (χ1n) is 9.86. The van der Waals surface area contributed by atoms with Gasteiger partial charge >= 0.3 is 0 Å². The van der Waals surface area contributed by atoms with E-state index in [9.17, 15) is 0 Å². The van der Waals surface area contributed by atoms with Crippen molar-refractivity contribution >= 4 is 0 Å². The van der Waals surface area contributed by atoms with Gasteiger partial charge in [-0.2, -0.15) is 0 Å². The molecule has 0 radical (unpaired) electrons. The van der Waals surface area contributed by atoms with Gasteiger partial charge in [-0.3, -0.25) is 4.90 Å². The summed E-state index contributed by atoms with van der Waals surface area (Å²) in [4.78, 5) is 4.93. The second kappa shape index (κ2) is 8.45. The fourth-order valence-corrected chi connectivity index (χ4v) is 3.73. The molecule has 8 heteroatoms. The number of benzene rings is 1. The zero-order chi connectivity index (χ0) is 20.3. The van der Waals surface area contributed by atoms with Crippen molar-refractivity contribution < 1.29 is 9.47 Å². The molecule has 8 nitrogen and oxygen atoms in total. The van der Waals surface area contributed by atoms with Gasteiger partial charge in [-0.05, 0) is 55.4 Å². The molecule has 0 bridgehead atoms. The lowest BCUT2D eigenvalue weighted by Crippen LogP contribution is -2.48. The van der Waals surface area contributed by atoms with Crippen LogP contribution in [-0.4, -0.2) is 77.0 Å². The highest BCUT2D eigenvalue weighted by atomic mass is 16.5. The van der Waals surface area contributed by atoms with Crippen LogP contribution in [0.15, 0.2) is 18.2 Å². The predicted octanol–water partition coefficient (Wildman–Crippen LogP) is 2.17. The van der Waals surface area contributed by atoms with Crippen molar-refractivity contribution in [1.82, 2.24) is 30.0 Å². The number of piperazine rings is 1. The number of aromatic nitrogens is 4. The molecule has 0 amide bonds. The maximum Gasteiger partial charge on any atom is 0.173 e.